The van der Waals surface area contributed by atoms with Crippen LogP contribution >= 0.6 is 24.0 Å². The number of halogens is 1. The SMILES string of the molecule is CCNC(=NCc1ccc(OC)c(OC)c1)NC1CN(C(=O)OC(C)(C)C)C1.I. The minimum Gasteiger partial charge on any atom is -0.493 e. The van der Waals surface area contributed by atoms with Gasteiger partial charge in [-0.15, -0.1) is 24.0 Å². The summed E-state index contributed by atoms with van der Waals surface area (Å²) in [6, 6.07) is 5.90. The van der Waals surface area contributed by atoms with Crippen LogP contribution in [0.4, 0.5) is 4.79 Å². The van der Waals surface area contributed by atoms with Crippen LogP contribution in [0.25, 0.3) is 0 Å². The maximum absolute atomic E-state index is 12.0. The minimum absolute atomic E-state index is 0. The summed E-state index contributed by atoms with van der Waals surface area (Å²) < 4.78 is 16.0. The molecular weight excluding hydrogens is 487 g/mol. The normalized spacial score (nSPS) is 14.4. The van der Waals surface area contributed by atoms with Crippen LogP contribution in [0.15, 0.2) is 23.2 Å². The number of carbonyl (C=O) groups excluding carboxylic acids is 1. The Labute approximate surface area is 190 Å². The predicted molar refractivity (Wildman–Crippen MR) is 125 cm³/mol. The molecule has 0 saturated carbocycles. The van der Waals surface area contributed by atoms with Crippen molar-refractivity contribution >= 4 is 36.0 Å². The fourth-order valence-electron chi connectivity index (χ4n) is 2.71. The van der Waals surface area contributed by atoms with Crippen LogP contribution in [0, 0.1) is 0 Å². The zero-order chi connectivity index (χ0) is 20.7. The van der Waals surface area contributed by atoms with Crippen LogP contribution in [0.5, 0.6) is 11.5 Å². The minimum atomic E-state index is -0.481. The summed E-state index contributed by atoms with van der Waals surface area (Å²) in [6.07, 6.45) is -0.280. The van der Waals surface area contributed by atoms with E-state index in [1.807, 2.05) is 45.9 Å². The van der Waals surface area contributed by atoms with E-state index in [9.17, 15) is 4.79 Å². The van der Waals surface area contributed by atoms with Crippen LogP contribution in [0.1, 0.15) is 33.3 Å². The number of benzene rings is 1. The van der Waals surface area contributed by atoms with Gasteiger partial charge in [-0.2, -0.15) is 0 Å². The van der Waals surface area contributed by atoms with Gasteiger partial charge < -0.3 is 29.7 Å². The topological polar surface area (TPSA) is 84.4 Å². The number of carbonyl (C=O) groups is 1. The van der Waals surface area contributed by atoms with Gasteiger partial charge in [-0.1, -0.05) is 6.07 Å². The number of hydrogen-bond acceptors (Lipinski definition) is 5. The van der Waals surface area contributed by atoms with Crippen molar-refractivity contribution in [3.05, 3.63) is 23.8 Å². The Hall–Kier alpha value is -1.91. The van der Waals surface area contributed by atoms with Crippen LogP contribution in [-0.2, 0) is 11.3 Å². The average Bonchev–Trinajstić information content (AvgIpc) is 2.60. The van der Waals surface area contributed by atoms with Crippen molar-refractivity contribution in [2.45, 2.75) is 45.9 Å². The first kappa shape index (κ1) is 25.1. The molecule has 1 aliphatic rings. The molecule has 0 unspecified atom stereocenters. The molecule has 8 nitrogen and oxygen atoms in total. The van der Waals surface area contributed by atoms with Gasteiger partial charge in [0.05, 0.1) is 26.8 Å². The quantitative estimate of drug-likeness (QED) is 0.341. The summed E-state index contributed by atoms with van der Waals surface area (Å²) in [5.74, 6) is 2.09. The van der Waals surface area contributed by atoms with Crippen molar-refractivity contribution in [3.63, 3.8) is 0 Å². The van der Waals surface area contributed by atoms with Gasteiger partial charge in [0.15, 0.2) is 17.5 Å². The Morgan fingerprint density at radius 1 is 1.21 bits per heavy atom. The summed E-state index contributed by atoms with van der Waals surface area (Å²) in [4.78, 5) is 18.3. The van der Waals surface area contributed by atoms with Crippen molar-refractivity contribution in [2.24, 2.45) is 4.99 Å². The molecule has 0 radical (unpaired) electrons. The summed E-state index contributed by atoms with van der Waals surface area (Å²) in [5, 5.41) is 6.59. The number of methoxy groups -OCH3 is 2. The fourth-order valence-corrected chi connectivity index (χ4v) is 2.71. The average molecular weight is 520 g/mol. The molecule has 0 aromatic heterocycles. The van der Waals surface area contributed by atoms with Gasteiger partial charge in [0.2, 0.25) is 0 Å². The highest BCUT2D eigenvalue weighted by atomic mass is 127. The fraction of sp³-hybridized carbons (Fsp3) is 0.600. The highest BCUT2D eigenvalue weighted by Gasteiger charge is 2.34. The molecule has 0 atom stereocenters. The number of amides is 1. The molecule has 1 aromatic carbocycles. The molecule has 2 N–H and O–H groups in total. The molecule has 29 heavy (non-hydrogen) atoms. The third-order valence-electron chi connectivity index (χ3n) is 4.09. The van der Waals surface area contributed by atoms with Gasteiger partial charge in [-0.3, -0.25) is 0 Å². The lowest BCUT2D eigenvalue weighted by atomic mass is 10.1. The van der Waals surface area contributed by atoms with E-state index in [1.165, 1.54) is 0 Å². The lowest BCUT2D eigenvalue weighted by molar-refractivity contribution is 0.00701. The molecule has 0 bridgehead atoms. The van der Waals surface area contributed by atoms with Crippen LogP contribution in [0.2, 0.25) is 0 Å². The zero-order valence-electron chi connectivity index (χ0n) is 18.1. The maximum Gasteiger partial charge on any atom is 0.410 e. The highest BCUT2D eigenvalue weighted by molar-refractivity contribution is 14.0. The van der Waals surface area contributed by atoms with E-state index in [0.29, 0.717) is 37.1 Å². The largest absolute Gasteiger partial charge is 0.493 e. The molecule has 0 aliphatic carbocycles. The summed E-state index contributed by atoms with van der Waals surface area (Å²) in [7, 11) is 3.23. The van der Waals surface area contributed by atoms with Crippen LogP contribution in [0.3, 0.4) is 0 Å². The van der Waals surface area contributed by atoms with Crippen LogP contribution < -0.4 is 20.1 Å². The van der Waals surface area contributed by atoms with E-state index in [1.54, 1.807) is 19.1 Å². The second-order valence-corrected chi connectivity index (χ2v) is 7.61. The molecule has 164 valence electrons. The van der Waals surface area contributed by atoms with E-state index in [-0.39, 0.29) is 36.1 Å². The Kier molecular flexibility index (Phi) is 9.81. The van der Waals surface area contributed by atoms with Gasteiger partial charge in [0, 0.05) is 19.6 Å². The standard InChI is InChI=1S/C20H32N4O4.HI/c1-7-21-18(22-11-14-8-9-16(26-5)17(10-14)27-6)23-15-12-24(13-15)19(25)28-20(2,3)4;/h8-10,15H,7,11-13H2,1-6H3,(H2,21,22,23);1H. The number of rotatable bonds is 6. The molecule has 0 spiro atoms. The molecular formula is C20H33IN4O4. The lowest BCUT2D eigenvalue weighted by Crippen LogP contribution is -2.63. The van der Waals surface area contributed by atoms with E-state index < -0.39 is 5.60 Å². The number of nitrogens with one attached hydrogen (secondary N) is 2. The van der Waals surface area contributed by atoms with Gasteiger partial charge in [-0.25, -0.2) is 9.79 Å². The summed E-state index contributed by atoms with van der Waals surface area (Å²) >= 11 is 0. The summed E-state index contributed by atoms with van der Waals surface area (Å²) in [5.41, 5.74) is 0.532. The smallest absolute Gasteiger partial charge is 0.410 e. The first-order chi connectivity index (χ1) is 13.3. The first-order valence-electron chi connectivity index (χ1n) is 9.49. The molecule has 1 aliphatic heterocycles. The van der Waals surface area contributed by atoms with Crippen molar-refractivity contribution < 1.29 is 19.0 Å². The number of aliphatic imine (C=N–C) groups is 1. The third kappa shape index (κ3) is 7.79. The molecule has 1 amide bonds. The third-order valence-corrected chi connectivity index (χ3v) is 4.09. The molecule has 1 fully saturated rings. The second kappa shape index (κ2) is 11.3. The Balaban J connectivity index is 0.00000420. The van der Waals surface area contributed by atoms with Gasteiger partial charge in [-0.05, 0) is 45.4 Å². The Morgan fingerprint density at radius 3 is 2.41 bits per heavy atom. The number of hydrogen-bond donors (Lipinski definition) is 2. The number of guanidine groups is 1. The zero-order valence-corrected chi connectivity index (χ0v) is 20.4. The van der Waals surface area contributed by atoms with Gasteiger partial charge in [0.25, 0.3) is 0 Å². The Bertz CT molecular complexity index is 700. The Morgan fingerprint density at radius 2 is 1.86 bits per heavy atom. The van der Waals surface area contributed by atoms with Crippen molar-refractivity contribution in [2.75, 3.05) is 33.9 Å². The molecule has 1 saturated heterocycles. The van der Waals surface area contributed by atoms with Crippen molar-refractivity contribution in [1.82, 2.24) is 15.5 Å². The second-order valence-electron chi connectivity index (χ2n) is 7.61. The number of ether oxygens (including phenoxy) is 3. The maximum atomic E-state index is 12.0. The predicted octanol–water partition coefficient (Wildman–Crippen LogP) is 3.00. The van der Waals surface area contributed by atoms with Crippen molar-refractivity contribution in [3.8, 4) is 11.5 Å². The van der Waals surface area contributed by atoms with Crippen molar-refractivity contribution in [1.29, 1.82) is 0 Å². The molecule has 9 heteroatoms. The molecule has 2 rings (SSSR count). The van der Waals surface area contributed by atoms with Gasteiger partial charge in [0.1, 0.15) is 5.60 Å². The molecule has 1 aromatic rings. The lowest BCUT2D eigenvalue weighted by Gasteiger charge is -2.40. The monoisotopic (exact) mass is 520 g/mol. The van der Waals surface area contributed by atoms with Crippen LogP contribution in [-0.4, -0.2) is 62.4 Å². The van der Waals surface area contributed by atoms with E-state index >= 15 is 0 Å². The molecule has 1 heterocycles. The highest BCUT2D eigenvalue weighted by Crippen LogP contribution is 2.27. The number of nitrogens with zero attached hydrogens (tertiary/aromatic N) is 2. The van der Waals surface area contributed by atoms with E-state index in [0.717, 1.165) is 12.1 Å². The summed E-state index contributed by atoms with van der Waals surface area (Å²) in [6.45, 7) is 10.0. The van der Waals surface area contributed by atoms with E-state index in [4.69, 9.17) is 14.2 Å². The van der Waals surface area contributed by atoms with E-state index in [2.05, 4.69) is 15.6 Å². The first-order valence-corrected chi connectivity index (χ1v) is 9.49. The van der Waals surface area contributed by atoms with Gasteiger partial charge >= 0.3 is 6.09 Å². The number of likely N-dealkylation sites (tertiary alicyclic amines) is 1.